The molecule has 0 aliphatic carbocycles. The third-order valence-corrected chi connectivity index (χ3v) is 4.10. The average Bonchev–Trinajstić information content (AvgIpc) is 2.38. The summed E-state index contributed by atoms with van der Waals surface area (Å²) >= 11 is 8.15. The topological polar surface area (TPSA) is 46.3 Å². The van der Waals surface area contributed by atoms with Gasteiger partial charge in [-0.2, -0.15) is 0 Å². The molecule has 2 N–H and O–H groups in total. The molecule has 102 valence electrons. The van der Waals surface area contributed by atoms with Crippen LogP contribution >= 0.6 is 28.1 Å². The summed E-state index contributed by atoms with van der Waals surface area (Å²) in [6.45, 7) is 1.09. The first-order chi connectivity index (χ1) is 8.99. The van der Waals surface area contributed by atoms with E-state index in [0.717, 1.165) is 12.8 Å². The van der Waals surface area contributed by atoms with E-state index in [1.54, 1.807) is 11.0 Å². The molecule has 0 bridgehead atoms. The van der Waals surface area contributed by atoms with Crippen molar-refractivity contribution in [3.8, 4) is 0 Å². The van der Waals surface area contributed by atoms with Gasteiger partial charge < -0.3 is 10.6 Å². The van der Waals surface area contributed by atoms with Crippen molar-refractivity contribution in [1.82, 2.24) is 4.90 Å². The number of nitrogens with zero attached hydrogens (tertiary/aromatic N) is 1. The zero-order chi connectivity index (χ0) is 14.0. The second-order valence-electron chi connectivity index (χ2n) is 4.62. The van der Waals surface area contributed by atoms with Crippen LogP contribution in [-0.2, 0) is 0 Å². The molecule has 1 fully saturated rings. The Morgan fingerprint density at radius 1 is 1.53 bits per heavy atom. The highest BCUT2D eigenvalue weighted by molar-refractivity contribution is 9.10. The van der Waals surface area contributed by atoms with Gasteiger partial charge in [-0.1, -0.05) is 28.1 Å². The first-order valence-electron chi connectivity index (χ1n) is 6.02. The molecule has 1 heterocycles. The van der Waals surface area contributed by atoms with Crippen molar-refractivity contribution in [3.63, 3.8) is 0 Å². The number of nitrogens with two attached hydrogens (primary N) is 1. The Balaban J connectivity index is 2.17. The van der Waals surface area contributed by atoms with Gasteiger partial charge >= 0.3 is 0 Å². The van der Waals surface area contributed by atoms with E-state index in [2.05, 4.69) is 15.9 Å². The maximum absolute atomic E-state index is 13.8. The van der Waals surface area contributed by atoms with E-state index in [9.17, 15) is 9.18 Å². The van der Waals surface area contributed by atoms with Crippen molar-refractivity contribution in [3.05, 3.63) is 34.1 Å². The highest BCUT2D eigenvalue weighted by Crippen LogP contribution is 2.21. The third-order valence-electron chi connectivity index (χ3n) is 3.27. The van der Waals surface area contributed by atoms with Crippen LogP contribution in [0.5, 0.6) is 0 Å². The molecular formula is C13H14BrFN2OS. The predicted molar refractivity (Wildman–Crippen MR) is 79.5 cm³/mol. The summed E-state index contributed by atoms with van der Waals surface area (Å²) in [4.78, 5) is 14.3. The second-order valence-corrected chi connectivity index (χ2v) is 6.00. The molecule has 0 spiro atoms. The van der Waals surface area contributed by atoms with Gasteiger partial charge in [0.15, 0.2) is 0 Å². The fourth-order valence-electron chi connectivity index (χ4n) is 2.23. The van der Waals surface area contributed by atoms with Crippen LogP contribution in [0.2, 0.25) is 0 Å². The van der Waals surface area contributed by atoms with Crippen LogP contribution in [0.25, 0.3) is 0 Å². The Morgan fingerprint density at radius 2 is 2.26 bits per heavy atom. The zero-order valence-corrected chi connectivity index (χ0v) is 12.6. The second kappa shape index (κ2) is 5.96. The minimum Gasteiger partial charge on any atom is -0.393 e. The van der Waals surface area contributed by atoms with Gasteiger partial charge in [-0.25, -0.2) is 4.39 Å². The number of thiocarbonyl (C=S) groups is 1. The Hall–Kier alpha value is -1.01. The summed E-state index contributed by atoms with van der Waals surface area (Å²) in [5, 5.41) is 0. The van der Waals surface area contributed by atoms with E-state index < -0.39 is 5.82 Å². The fraction of sp³-hybridized carbons (Fsp3) is 0.385. The third kappa shape index (κ3) is 3.30. The minimum atomic E-state index is -0.517. The lowest BCUT2D eigenvalue weighted by molar-refractivity contribution is 0.0699. The number of rotatable bonds is 2. The molecule has 2 rings (SSSR count). The summed E-state index contributed by atoms with van der Waals surface area (Å²) in [6, 6.07) is 4.44. The highest BCUT2D eigenvalue weighted by atomic mass is 79.9. The summed E-state index contributed by atoms with van der Waals surface area (Å²) in [7, 11) is 0. The number of hydrogen-bond donors (Lipinski definition) is 1. The molecule has 1 aromatic rings. The smallest absolute Gasteiger partial charge is 0.256 e. The molecule has 1 aliphatic heterocycles. The van der Waals surface area contributed by atoms with Crippen LogP contribution in [0.1, 0.15) is 23.2 Å². The predicted octanol–water partition coefficient (Wildman–Crippen LogP) is 2.73. The molecule has 1 amide bonds. The number of likely N-dealkylation sites (tertiary alicyclic amines) is 1. The van der Waals surface area contributed by atoms with Crippen LogP contribution in [0, 0.1) is 11.7 Å². The molecule has 1 aliphatic rings. The number of benzene rings is 1. The quantitative estimate of drug-likeness (QED) is 0.839. The van der Waals surface area contributed by atoms with Crippen LogP contribution in [0.4, 0.5) is 4.39 Å². The fourth-order valence-corrected chi connectivity index (χ4v) is 2.75. The first-order valence-corrected chi connectivity index (χ1v) is 7.23. The van der Waals surface area contributed by atoms with Crippen molar-refractivity contribution in [1.29, 1.82) is 0 Å². The molecule has 1 atom stereocenters. The summed E-state index contributed by atoms with van der Waals surface area (Å²) < 4.78 is 14.4. The lowest BCUT2D eigenvalue weighted by atomic mass is 9.97. The highest BCUT2D eigenvalue weighted by Gasteiger charge is 2.27. The van der Waals surface area contributed by atoms with Gasteiger partial charge in [-0.15, -0.1) is 0 Å². The standard InChI is InChI=1S/C13H14BrFN2OS/c14-9-3-4-10(11(15)6-9)13(18)17-5-1-2-8(7-17)12(16)19/h3-4,6,8H,1-2,5,7H2,(H2,16,19). The molecule has 1 unspecified atom stereocenters. The molecule has 0 saturated carbocycles. The van der Waals surface area contributed by atoms with Gasteiger partial charge in [0, 0.05) is 23.5 Å². The summed E-state index contributed by atoms with van der Waals surface area (Å²) in [5.41, 5.74) is 5.72. The van der Waals surface area contributed by atoms with Crippen molar-refractivity contribution in [2.24, 2.45) is 11.7 Å². The maximum Gasteiger partial charge on any atom is 0.256 e. The number of amides is 1. The van der Waals surface area contributed by atoms with Gasteiger partial charge in [0.05, 0.1) is 10.6 Å². The van der Waals surface area contributed by atoms with Gasteiger partial charge in [0.25, 0.3) is 5.91 Å². The van der Waals surface area contributed by atoms with E-state index in [1.807, 2.05) is 0 Å². The minimum absolute atomic E-state index is 0.0335. The Labute approximate surface area is 125 Å². The van der Waals surface area contributed by atoms with Crippen molar-refractivity contribution in [2.75, 3.05) is 13.1 Å². The Morgan fingerprint density at radius 3 is 2.89 bits per heavy atom. The summed E-state index contributed by atoms with van der Waals surface area (Å²) in [5.74, 6) is -0.783. The monoisotopic (exact) mass is 344 g/mol. The number of piperidine rings is 1. The number of carbonyl (C=O) groups is 1. The molecule has 19 heavy (non-hydrogen) atoms. The van der Waals surface area contributed by atoms with Crippen LogP contribution in [0.3, 0.4) is 0 Å². The van der Waals surface area contributed by atoms with Crippen LogP contribution in [0.15, 0.2) is 22.7 Å². The zero-order valence-electron chi connectivity index (χ0n) is 10.2. The van der Waals surface area contributed by atoms with E-state index >= 15 is 0 Å². The molecule has 6 heteroatoms. The van der Waals surface area contributed by atoms with Crippen molar-refractivity contribution in [2.45, 2.75) is 12.8 Å². The molecule has 0 aromatic heterocycles. The Kier molecular flexibility index (Phi) is 4.52. The SMILES string of the molecule is NC(=S)C1CCCN(C(=O)c2ccc(Br)cc2F)C1. The Bertz CT molecular complexity index is 523. The van der Waals surface area contributed by atoms with Crippen LogP contribution in [-0.4, -0.2) is 28.9 Å². The van der Waals surface area contributed by atoms with E-state index in [0.29, 0.717) is 22.6 Å². The van der Waals surface area contributed by atoms with E-state index in [1.165, 1.54) is 12.1 Å². The molecule has 0 radical (unpaired) electrons. The number of halogens is 2. The molecule has 1 aromatic carbocycles. The lowest BCUT2D eigenvalue weighted by Crippen LogP contribution is -2.43. The van der Waals surface area contributed by atoms with Gasteiger partial charge in [0.1, 0.15) is 5.82 Å². The van der Waals surface area contributed by atoms with Gasteiger partial charge in [0.2, 0.25) is 0 Å². The molecular weight excluding hydrogens is 331 g/mol. The number of hydrogen-bond acceptors (Lipinski definition) is 2. The first kappa shape index (κ1) is 14.4. The molecule has 1 saturated heterocycles. The summed E-state index contributed by atoms with van der Waals surface area (Å²) in [6.07, 6.45) is 1.73. The van der Waals surface area contributed by atoms with E-state index in [-0.39, 0.29) is 17.4 Å². The normalized spacial score (nSPS) is 19.3. The van der Waals surface area contributed by atoms with Crippen molar-refractivity contribution < 1.29 is 9.18 Å². The lowest BCUT2D eigenvalue weighted by Gasteiger charge is -2.32. The number of carbonyl (C=O) groups excluding carboxylic acids is 1. The molecule has 3 nitrogen and oxygen atoms in total. The van der Waals surface area contributed by atoms with Gasteiger partial charge in [-0.05, 0) is 31.0 Å². The van der Waals surface area contributed by atoms with Gasteiger partial charge in [-0.3, -0.25) is 4.79 Å². The van der Waals surface area contributed by atoms with Crippen LogP contribution < -0.4 is 5.73 Å². The largest absolute Gasteiger partial charge is 0.393 e. The van der Waals surface area contributed by atoms with E-state index in [4.69, 9.17) is 18.0 Å². The average molecular weight is 345 g/mol. The maximum atomic E-state index is 13.8. The van der Waals surface area contributed by atoms with Crippen molar-refractivity contribution >= 4 is 39.0 Å².